The van der Waals surface area contributed by atoms with Crippen LogP contribution < -0.4 is 4.74 Å². The third kappa shape index (κ3) is 4.04. The van der Waals surface area contributed by atoms with Gasteiger partial charge in [-0.05, 0) is 48.9 Å². The molecule has 2 heterocycles. The fourth-order valence-corrected chi connectivity index (χ4v) is 4.54. The molecule has 0 spiro atoms. The lowest BCUT2D eigenvalue weighted by Gasteiger charge is -2.11. The van der Waals surface area contributed by atoms with Crippen LogP contribution >= 0.6 is 24.0 Å². The molecule has 0 N–H and O–H groups in total. The van der Waals surface area contributed by atoms with Crippen LogP contribution in [-0.4, -0.2) is 38.6 Å². The Morgan fingerprint density at radius 2 is 1.87 bits per heavy atom. The molecular formula is C23H21N3O2S2. The summed E-state index contributed by atoms with van der Waals surface area (Å²) in [6.07, 6.45) is 4.70. The number of nitrogens with zero attached hydrogens (tertiary/aromatic N) is 3. The van der Waals surface area contributed by atoms with Gasteiger partial charge in [0.25, 0.3) is 5.91 Å². The van der Waals surface area contributed by atoms with Crippen LogP contribution in [0.2, 0.25) is 0 Å². The maximum Gasteiger partial charge on any atom is 0.266 e. The third-order valence-electron chi connectivity index (χ3n) is 4.73. The Morgan fingerprint density at radius 3 is 2.53 bits per heavy atom. The Morgan fingerprint density at radius 1 is 1.13 bits per heavy atom. The smallest absolute Gasteiger partial charge is 0.266 e. The van der Waals surface area contributed by atoms with Crippen molar-refractivity contribution in [2.75, 3.05) is 13.7 Å². The molecule has 1 aliphatic heterocycles. The molecule has 5 nitrogen and oxygen atoms in total. The first-order valence-corrected chi connectivity index (χ1v) is 10.9. The number of thiocarbonyl (C=S) groups is 1. The second-order valence-corrected chi connectivity index (χ2v) is 8.45. The second kappa shape index (κ2) is 8.85. The summed E-state index contributed by atoms with van der Waals surface area (Å²) >= 11 is 6.75. The van der Waals surface area contributed by atoms with Crippen LogP contribution in [0.4, 0.5) is 0 Å². The summed E-state index contributed by atoms with van der Waals surface area (Å²) in [7, 11) is 1.64. The van der Waals surface area contributed by atoms with E-state index in [0.717, 1.165) is 34.7 Å². The van der Waals surface area contributed by atoms with Crippen LogP contribution in [0.1, 0.15) is 18.9 Å². The van der Waals surface area contributed by atoms with Crippen molar-refractivity contribution in [3.8, 4) is 22.7 Å². The second-order valence-electron chi connectivity index (χ2n) is 6.78. The molecule has 1 saturated heterocycles. The summed E-state index contributed by atoms with van der Waals surface area (Å²) in [6, 6.07) is 17.6. The molecule has 152 valence electrons. The van der Waals surface area contributed by atoms with Crippen molar-refractivity contribution in [2.45, 2.75) is 13.3 Å². The number of amides is 1. The summed E-state index contributed by atoms with van der Waals surface area (Å²) in [6.45, 7) is 2.67. The van der Waals surface area contributed by atoms with Gasteiger partial charge in [0, 0.05) is 23.9 Å². The highest BCUT2D eigenvalue weighted by atomic mass is 32.2. The van der Waals surface area contributed by atoms with Gasteiger partial charge in [-0.2, -0.15) is 5.10 Å². The minimum Gasteiger partial charge on any atom is -0.497 e. The number of rotatable bonds is 6. The number of carbonyl (C=O) groups is 1. The Kier molecular flexibility index (Phi) is 6.01. The lowest BCUT2D eigenvalue weighted by molar-refractivity contribution is -0.122. The normalized spacial score (nSPS) is 15.3. The molecule has 1 amide bonds. The van der Waals surface area contributed by atoms with E-state index in [2.05, 4.69) is 0 Å². The number of ether oxygens (including phenoxy) is 1. The van der Waals surface area contributed by atoms with Gasteiger partial charge in [-0.3, -0.25) is 9.69 Å². The lowest BCUT2D eigenvalue weighted by atomic mass is 10.1. The van der Waals surface area contributed by atoms with Gasteiger partial charge in [0.2, 0.25) is 0 Å². The molecule has 0 bridgehead atoms. The number of hydrogen-bond acceptors (Lipinski definition) is 5. The predicted molar refractivity (Wildman–Crippen MR) is 126 cm³/mol. The van der Waals surface area contributed by atoms with Gasteiger partial charge in [-0.1, -0.05) is 49.1 Å². The summed E-state index contributed by atoms with van der Waals surface area (Å²) < 4.78 is 7.71. The van der Waals surface area contributed by atoms with Crippen LogP contribution in [-0.2, 0) is 4.79 Å². The van der Waals surface area contributed by atoms with E-state index in [1.807, 2.05) is 78.5 Å². The van der Waals surface area contributed by atoms with E-state index < -0.39 is 0 Å². The first-order chi connectivity index (χ1) is 14.6. The molecule has 1 aromatic heterocycles. The predicted octanol–water partition coefficient (Wildman–Crippen LogP) is 5.16. The monoisotopic (exact) mass is 435 g/mol. The van der Waals surface area contributed by atoms with Gasteiger partial charge in [-0.25, -0.2) is 4.68 Å². The van der Waals surface area contributed by atoms with Crippen molar-refractivity contribution < 1.29 is 9.53 Å². The van der Waals surface area contributed by atoms with Crippen LogP contribution in [0.5, 0.6) is 5.75 Å². The Balaban J connectivity index is 1.78. The Labute approximate surface area is 185 Å². The highest BCUT2D eigenvalue weighted by Gasteiger charge is 2.31. The average molecular weight is 436 g/mol. The number of hydrogen-bond donors (Lipinski definition) is 0. The number of aromatic nitrogens is 2. The standard InChI is InChI=1S/C23H21N3O2S2/c1-3-13-25-22(27)20(30-23(25)29)14-17-15-26(18-7-5-4-6-8-18)24-21(17)16-9-11-19(28-2)12-10-16/h4-12,14-15H,3,13H2,1-2H3. The number of para-hydroxylation sites is 1. The molecule has 1 fully saturated rings. The van der Waals surface area contributed by atoms with Gasteiger partial charge >= 0.3 is 0 Å². The number of benzene rings is 2. The number of thioether (sulfide) groups is 1. The van der Waals surface area contributed by atoms with Crippen molar-refractivity contribution in [3.63, 3.8) is 0 Å². The van der Waals surface area contributed by atoms with Gasteiger partial charge in [0.15, 0.2) is 0 Å². The molecule has 3 aromatic rings. The molecule has 0 atom stereocenters. The van der Waals surface area contributed by atoms with E-state index in [1.54, 1.807) is 12.0 Å². The van der Waals surface area contributed by atoms with Gasteiger partial charge < -0.3 is 4.74 Å². The van der Waals surface area contributed by atoms with Crippen molar-refractivity contribution >= 4 is 40.3 Å². The zero-order chi connectivity index (χ0) is 21.1. The first kappa shape index (κ1) is 20.4. The molecule has 0 saturated carbocycles. The third-order valence-corrected chi connectivity index (χ3v) is 6.11. The van der Waals surface area contributed by atoms with Gasteiger partial charge in [-0.15, -0.1) is 0 Å². The molecular weight excluding hydrogens is 414 g/mol. The summed E-state index contributed by atoms with van der Waals surface area (Å²) in [4.78, 5) is 15.1. The molecule has 1 aliphatic rings. The Hall–Kier alpha value is -2.90. The zero-order valence-electron chi connectivity index (χ0n) is 16.7. The summed E-state index contributed by atoms with van der Waals surface area (Å²) in [5.74, 6) is 0.739. The fourth-order valence-electron chi connectivity index (χ4n) is 3.24. The summed E-state index contributed by atoms with van der Waals surface area (Å²) in [5.41, 5.74) is 3.55. The average Bonchev–Trinajstić information content (AvgIpc) is 3.31. The van der Waals surface area contributed by atoms with Crippen molar-refractivity contribution in [2.24, 2.45) is 0 Å². The largest absolute Gasteiger partial charge is 0.497 e. The van der Waals surface area contributed by atoms with E-state index in [-0.39, 0.29) is 5.91 Å². The van der Waals surface area contributed by atoms with Gasteiger partial charge in [0.1, 0.15) is 10.1 Å². The molecule has 0 unspecified atom stereocenters. The number of carbonyl (C=O) groups excluding carboxylic acids is 1. The van der Waals surface area contributed by atoms with Crippen molar-refractivity contribution in [3.05, 3.63) is 71.3 Å². The van der Waals surface area contributed by atoms with Crippen LogP contribution in [0.25, 0.3) is 23.0 Å². The maximum absolute atomic E-state index is 12.8. The molecule has 30 heavy (non-hydrogen) atoms. The molecule has 0 radical (unpaired) electrons. The molecule has 7 heteroatoms. The van der Waals surface area contributed by atoms with Crippen LogP contribution in [0.15, 0.2) is 65.7 Å². The van der Waals surface area contributed by atoms with Crippen molar-refractivity contribution in [1.29, 1.82) is 0 Å². The lowest BCUT2D eigenvalue weighted by Crippen LogP contribution is -2.28. The maximum atomic E-state index is 12.8. The summed E-state index contributed by atoms with van der Waals surface area (Å²) in [5, 5.41) is 4.81. The molecule has 2 aromatic carbocycles. The highest BCUT2D eigenvalue weighted by Crippen LogP contribution is 2.35. The van der Waals surface area contributed by atoms with Gasteiger partial charge in [0.05, 0.1) is 23.4 Å². The van der Waals surface area contributed by atoms with E-state index in [1.165, 1.54) is 11.8 Å². The van der Waals surface area contributed by atoms with Crippen molar-refractivity contribution in [1.82, 2.24) is 14.7 Å². The first-order valence-electron chi connectivity index (χ1n) is 9.65. The highest BCUT2D eigenvalue weighted by molar-refractivity contribution is 8.26. The minimum absolute atomic E-state index is 0.0417. The van der Waals surface area contributed by atoms with E-state index in [4.69, 9.17) is 22.1 Å². The van der Waals surface area contributed by atoms with Crippen LogP contribution in [0.3, 0.4) is 0 Å². The SMILES string of the molecule is CCCN1C(=O)C(=Cc2cn(-c3ccccc3)nc2-c2ccc(OC)cc2)SC1=S. The molecule has 4 rings (SSSR count). The minimum atomic E-state index is -0.0417. The quantitative estimate of drug-likeness (QED) is 0.395. The molecule has 0 aliphatic carbocycles. The Bertz CT molecular complexity index is 1110. The topological polar surface area (TPSA) is 47.4 Å². The van der Waals surface area contributed by atoms with E-state index >= 15 is 0 Å². The zero-order valence-corrected chi connectivity index (χ0v) is 18.4. The van der Waals surface area contributed by atoms with E-state index in [0.29, 0.717) is 15.8 Å². The van der Waals surface area contributed by atoms with Crippen LogP contribution in [0, 0.1) is 0 Å². The van der Waals surface area contributed by atoms with E-state index in [9.17, 15) is 4.79 Å². The number of methoxy groups -OCH3 is 1. The fraction of sp³-hybridized carbons (Fsp3) is 0.174.